The van der Waals surface area contributed by atoms with Gasteiger partial charge in [0.2, 0.25) is 0 Å². The number of para-hydroxylation sites is 3. The molecule has 0 bridgehead atoms. The molecule has 2 aromatic heterocycles. The first-order chi connectivity index (χ1) is 18.9. The number of fused-ring (bicyclic) bond motifs is 7. The maximum Gasteiger partial charge on any atom is 0.0641 e. The van der Waals surface area contributed by atoms with Crippen molar-refractivity contribution in [3.63, 3.8) is 0 Å². The smallest absolute Gasteiger partial charge is 0.0641 e. The molecule has 8 aromatic rings. The zero-order chi connectivity index (χ0) is 25.1. The molecule has 2 nitrogen and oxygen atoms in total. The first-order valence-corrected chi connectivity index (χ1v) is 13.0. The van der Waals surface area contributed by atoms with E-state index in [9.17, 15) is 0 Å². The maximum atomic E-state index is 2.44. The standard InChI is InChI=1S/C36H24N2/c1-4-12-25(13-5-1)26-20-21-31-34(24-26)37(27-14-6-2-7-15-27)33-23-22-30-29-18-10-11-19-32(29)38(36(30)35(31)33)28-16-8-3-9-17-28/h1-24H. The highest BCUT2D eigenvalue weighted by molar-refractivity contribution is 6.26. The Kier molecular flexibility index (Phi) is 4.55. The highest BCUT2D eigenvalue weighted by atomic mass is 15.0. The molecule has 6 aromatic carbocycles. The molecule has 0 radical (unpaired) electrons. The molecule has 0 aliphatic heterocycles. The van der Waals surface area contributed by atoms with E-state index in [1.54, 1.807) is 0 Å². The topological polar surface area (TPSA) is 9.86 Å². The lowest BCUT2D eigenvalue weighted by atomic mass is 10.0. The molecule has 0 N–H and O–H groups in total. The molecule has 8 rings (SSSR count). The van der Waals surface area contributed by atoms with Crippen molar-refractivity contribution in [3.05, 3.63) is 146 Å². The van der Waals surface area contributed by atoms with Crippen LogP contribution >= 0.6 is 0 Å². The Balaban J connectivity index is 1.59. The summed E-state index contributed by atoms with van der Waals surface area (Å²) in [5.74, 6) is 0. The van der Waals surface area contributed by atoms with Crippen LogP contribution in [-0.2, 0) is 0 Å². The summed E-state index contributed by atoms with van der Waals surface area (Å²) in [6.07, 6.45) is 0. The summed E-state index contributed by atoms with van der Waals surface area (Å²) in [4.78, 5) is 0. The SMILES string of the molecule is c1ccc(-c2ccc3c4c(ccc5c6ccccc6n(-c6ccccc6)c54)n(-c4ccccc4)c3c2)cc1. The van der Waals surface area contributed by atoms with Gasteiger partial charge in [-0.3, -0.25) is 0 Å². The van der Waals surface area contributed by atoms with E-state index < -0.39 is 0 Å². The molecule has 0 saturated carbocycles. The van der Waals surface area contributed by atoms with Crippen molar-refractivity contribution in [1.29, 1.82) is 0 Å². The van der Waals surface area contributed by atoms with Crippen molar-refractivity contribution in [1.82, 2.24) is 9.13 Å². The molecule has 0 saturated heterocycles. The van der Waals surface area contributed by atoms with Crippen molar-refractivity contribution in [3.8, 4) is 22.5 Å². The van der Waals surface area contributed by atoms with Gasteiger partial charge < -0.3 is 9.13 Å². The van der Waals surface area contributed by atoms with Crippen molar-refractivity contribution in [2.75, 3.05) is 0 Å². The van der Waals surface area contributed by atoms with Gasteiger partial charge >= 0.3 is 0 Å². The van der Waals surface area contributed by atoms with Crippen molar-refractivity contribution < 1.29 is 0 Å². The van der Waals surface area contributed by atoms with Crippen molar-refractivity contribution in [2.24, 2.45) is 0 Å². The summed E-state index contributed by atoms with van der Waals surface area (Å²) in [5, 5.41) is 5.08. The number of hydrogen-bond acceptors (Lipinski definition) is 0. The average Bonchev–Trinajstić information content (AvgIpc) is 3.51. The number of hydrogen-bond donors (Lipinski definition) is 0. The number of benzene rings is 6. The second-order valence-corrected chi connectivity index (χ2v) is 9.81. The lowest BCUT2D eigenvalue weighted by Gasteiger charge is -2.10. The van der Waals surface area contributed by atoms with Gasteiger partial charge in [-0.15, -0.1) is 0 Å². The number of rotatable bonds is 3. The van der Waals surface area contributed by atoms with Gasteiger partial charge in [0, 0.05) is 32.9 Å². The predicted octanol–water partition coefficient (Wildman–Crippen LogP) is 9.55. The van der Waals surface area contributed by atoms with E-state index >= 15 is 0 Å². The van der Waals surface area contributed by atoms with Gasteiger partial charge in [-0.2, -0.15) is 0 Å². The molecular formula is C36H24N2. The van der Waals surface area contributed by atoms with E-state index in [2.05, 4.69) is 155 Å². The molecule has 0 spiro atoms. The summed E-state index contributed by atoms with van der Waals surface area (Å²) < 4.78 is 4.86. The normalized spacial score (nSPS) is 11.7. The Morgan fingerprint density at radius 2 is 0.947 bits per heavy atom. The second-order valence-electron chi connectivity index (χ2n) is 9.81. The quantitative estimate of drug-likeness (QED) is 0.236. The van der Waals surface area contributed by atoms with Gasteiger partial charge in [0.1, 0.15) is 0 Å². The summed E-state index contributed by atoms with van der Waals surface area (Å²) in [7, 11) is 0. The highest BCUT2D eigenvalue weighted by Gasteiger charge is 2.21. The summed E-state index contributed by atoms with van der Waals surface area (Å²) in [6, 6.07) is 52.4. The number of aromatic nitrogens is 2. The summed E-state index contributed by atoms with van der Waals surface area (Å²) >= 11 is 0. The fraction of sp³-hybridized carbons (Fsp3) is 0. The van der Waals surface area contributed by atoms with Crippen LogP contribution in [0.2, 0.25) is 0 Å². The Morgan fingerprint density at radius 1 is 0.342 bits per heavy atom. The van der Waals surface area contributed by atoms with E-state index in [4.69, 9.17) is 0 Å². The Morgan fingerprint density at radius 3 is 1.68 bits per heavy atom. The molecule has 38 heavy (non-hydrogen) atoms. The Hall–Kier alpha value is -5.08. The molecule has 0 fully saturated rings. The van der Waals surface area contributed by atoms with Crippen molar-refractivity contribution >= 4 is 43.6 Å². The minimum atomic E-state index is 1.17. The van der Waals surface area contributed by atoms with Crippen LogP contribution in [-0.4, -0.2) is 9.13 Å². The van der Waals surface area contributed by atoms with E-state index in [0.717, 1.165) is 0 Å². The lowest BCUT2D eigenvalue weighted by molar-refractivity contribution is 1.17. The van der Waals surface area contributed by atoms with Crippen LogP contribution in [0.25, 0.3) is 66.1 Å². The maximum absolute atomic E-state index is 2.44. The molecule has 2 heteroatoms. The average molecular weight is 485 g/mol. The van der Waals surface area contributed by atoms with Gasteiger partial charge in [0.15, 0.2) is 0 Å². The second kappa shape index (κ2) is 8.22. The van der Waals surface area contributed by atoms with Crippen LogP contribution in [0.5, 0.6) is 0 Å². The molecular weight excluding hydrogens is 460 g/mol. The Bertz CT molecular complexity index is 2100. The van der Waals surface area contributed by atoms with Gasteiger partial charge in [-0.05, 0) is 53.6 Å². The fourth-order valence-corrected chi connectivity index (χ4v) is 6.07. The molecule has 2 heterocycles. The van der Waals surface area contributed by atoms with E-state index in [1.165, 1.54) is 66.1 Å². The van der Waals surface area contributed by atoms with Crippen LogP contribution in [0.4, 0.5) is 0 Å². The summed E-state index contributed by atoms with van der Waals surface area (Å²) in [6.45, 7) is 0. The predicted molar refractivity (Wildman–Crippen MR) is 161 cm³/mol. The van der Waals surface area contributed by atoms with Crippen LogP contribution < -0.4 is 0 Å². The third-order valence-corrected chi connectivity index (χ3v) is 7.70. The van der Waals surface area contributed by atoms with Crippen molar-refractivity contribution in [2.45, 2.75) is 0 Å². The Labute approximate surface area is 220 Å². The van der Waals surface area contributed by atoms with E-state index in [1.807, 2.05) is 0 Å². The third-order valence-electron chi connectivity index (χ3n) is 7.70. The molecule has 0 aliphatic rings. The molecule has 178 valence electrons. The molecule has 0 atom stereocenters. The molecule has 0 aliphatic carbocycles. The highest BCUT2D eigenvalue weighted by Crippen LogP contribution is 2.42. The van der Waals surface area contributed by atoms with E-state index in [0.29, 0.717) is 0 Å². The first kappa shape index (κ1) is 21.0. The van der Waals surface area contributed by atoms with Crippen LogP contribution in [0.1, 0.15) is 0 Å². The number of nitrogens with zero attached hydrogens (tertiary/aromatic N) is 2. The first-order valence-electron chi connectivity index (χ1n) is 13.0. The van der Waals surface area contributed by atoms with E-state index in [-0.39, 0.29) is 0 Å². The zero-order valence-corrected chi connectivity index (χ0v) is 20.8. The van der Waals surface area contributed by atoms with Crippen LogP contribution in [0, 0.1) is 0 Å². The fourth-order valence-electron chi connectivity index (χ4n) is 6.07. The monoisotopic (exact) mass is 484 g/mol. The summed E-state index contributed by atoms with van der Waals surface area (Å²) in [5.41, 5.74) is 9.69. The molecule has 0 unspecified atom stereocenters. The lowest BCUT2D eigenvalue weighted by Crippen LogP contribution is -1.95. The zero-order valence-electron chi connectivity index (χ0n) is 20.8. The van der Waals surface area contributed by atoms with Crippen LogP contribution in [0.3, 0.4) is 0 Å². The van der Waals surface area contributed by atoms with Gasteiger partial charge in [-0.1, -0.05) is 103 Å². The van der Waals surface area contributed by atoms with Gasteiger partial charge in [0.25, 0.3) is 0 Å². The minimum Gasteiger partial charge on any atom is -0.309 e. The minimum absolute atomic E-state index is 1.17. The van der Waals surface area contributed by atoms with Gasteiger partial charge in [-0.25, -0.2) is 0 Å². The molecule has 0 amide bonds. The third kappa shape index (κ3) is 3.01. The van der Waals surface area contributed by atoms with Gasteiger partial charge in [0.05, 0.1) is 22.1 Å². The van der Waals surface area contributed by atoms with Crippen LogP contribution in [0.15, 0.2) is 146 Å². The largest absolute Gasteiger partial charge is 0.309 e.